The first kappa shape index (κ1) is 13.3. The van der Waals surface area contributed by atoms with E-state index in [1.54, 1.807) is 12.3 Å². The number of nitrogens with one attached hydrogen (secondary N) is 1. The van der Waals surface area contributed by atoms with E-state index in [9.17, 15) is 9.50 Å². The number of pyridine rings is 1. The molecule has 0 atom stereocenters. The smallest absolute Gasteiger partial charge is 0.125 e. The number of benzene rings is 1. The average Bonchev–Trinajstić information content (AvgIpc) is 2.41. The van der Waals surface area contributed by atoms with Gasteiger partial charge in [-0.25, -0.2) is 4.39 Å². The van der Waals surface area contributed by atoms with E-state index in [4.69, 9.17) is 0 Å². The molecular formula is C16H19FN2O. The second-order valence-electron chi connectivity index (χ2n) is 5.70. The minimum Gasteiger partial charge on any atom is -0.396 e. The van der Waals surface area contributed by atoms with Crippen LogP contribution < -0.4 is 5.32 Å². The van der Waals surface area contributed by atoms with Crippen LogP contribution in [0, 0.1) is 11.2 Å². The highest BCUT2D eigenvalue weighted by Crippen LogP contribution is 2.44. The molecule has 1 aromatic heterocycles. The summed E-state index contributed by atoms with van der Waals surface area (Å²) in [6.07, 6.45) is 6.11. The van der Waals surface area contributed by atoms with Gasteiger partial charge in [0.05, 0.1) is 5.52 Å². The summed E-state index contributed by atoms with van der Waals surface area (Å²) in [5, 5.41) is 13.6. The summed E-state index contributed by atoms with van der Waals surface area (Å²) in [7, 11) is 0. The highest BCUT2D eigenvalue weighted by molar-refractivity contribution is 5.90. The number of rotatable bonds is 5. The fourth-order valence-electron chi connectivity index (χ4n) is 2.99. The molecule has 1 fully saturated rings. The molecule has 1 saturated carbocycles. The molecule has 4 heteroatoms. The summed E-state index contributed by atoms with van der Waals surface area (Å²) in [5.74, 6) is -0.266. The van der Waals surface area contributed by atoms with E-state index in [1.807, 2.05) is 6.07 Å². The molecule has 1 aliphatic rings. The molecule has 106 valence electrons. The van der Waals surface area contributed by atoms with E-state index in [1.165, 1.54) is 18.6 Å². The Morgan fingerprint density at radius 2 is 2.15 bits per heavy atom. The standard InChI is InChI=1S/C16H19FN2O/c17-12-2-3-13-14(4-8-18-15(13)10-12)19-11-16(7-9-20)5-1-6-16/h2-4,8,10,20H,1,5-7,9,11H2,(H,18,19). The fraction of sp³-hybridized carbons (Fsp3) is 0.438. The van der Waals surface area contributed by atoms with Crippen LogP contribution >= 0.6 is 0 Å². The van der Waals surface area contributed by atoms with Gasteiger partial charge in [-0.1, -0.05) is 6.42 Å². The van der Waals surface area contributed by atoms with Crippen LogP contribution in [0.2, 0.25) is 0 Å². The van der Waals surface area contributed by atoms with Crippen LogP contribution in [0.25, 0.3) is 10.9 Å². The first-order chi connectivity index (χ1) is 9.72. The van der Waals surface area contributed by atoms with Gasteiger partial charge in [0.25, 0.3) is 0 Å². The summed E-state index contributed by atoms with van der Waals surface area (Å²) in [4.78, 5) is 4.20. The van der Waals surface area contributed by atoms with Crippen molar-refractivity contribution in [2.75, 3.05) is 18.5 Å². The van der Waals surface area contributed by atoms with Crippen LogP contribution in [0.3, 0.4) is 0 Å². The molecule has 0 bridgehead atoms. The molecule has 0 spiro atoms. The van der Waals surface area contributed by atoms with Crippen molar-refractivity contribution in [2.45, 2.75) is 25.7 Å². The summed E-state index contributed by atoms with van der Waals surface area (Å²) in [6.45, 7) is 1.09. The van der Waals surface area contributed by atoms with Crippen LogP contribution in [0.1, 0.15) is 25.7 Å². The van der Waals surface area contributed by atoms with Crippen molar-refractivity contribution >= 4 is 16.6 Å². The van der Waals surface area contributed by atoms with Gasteiger partial charge in [0.1, 0.15) is 5.82 Å². The maximum atomic E-state index is 13.2. The Labute approximate surface area is 117 Å². The van der Waals surface area contributed by atoms with E-state index >= 15 is 0 Å². The lowest BCUT2D eigenvalue weighted by atomic mass is 9.67. The third-order valence-corrected chi connectivity index (χ3v) is 4.41. The van der Waals surface area contributed by atoms with E-state index < -0.39 is 0 Å². The zero-order valence-corrected chi connectivity index (χ0v) is 11.4. The molecule has 0 saturated heterocycles. The molecule has 1 aromatic carbocycles. The molecule has 0 aliphatic heterocycles. The summed E-state index contributed by atoms with van der Waals surface area (Å²) >= 11 is 0. The molecule has 0 unspecified atom stereocenters. The summed E-state index contributed by atoms with van der Waals surface area (Å²) < 4.78 is 13.2. The van der Waals surface area contributed by atoms with Gasteiger partial charge in [-0.15, -0.1) is 0 Å². The lowest BCUT2D eigenvalue weighted by molar-refractivity contribution is 0.102. The van der Waals surface area contributed by atoms with Crippen LogP contribution in [-0.4, -0.2) is 23.2 Å². The lowest BCUT2D eigenvalue weighted by Crippen LogP contribution is -2.37. The zero-order chi connectivity index (χ0) is 14.0. The van der Waals surface area contributed by atoms with Crippen molar-refractivity contribution < 1.29 is 9.50 Å². The number of anilines is 1. The van der Waals surface area contributed by atoms with E-state index in [0.29, 0.717) is 5.52 Å². The lowest BCUT2D eigenvalue weighted by Gasteiger charge is -2.42. The number of aliphatic hydroxyl groups excluding tert-OH is 1. The van der Waals surface area contributed by atoms with Gasteiger partial charge in [0.15, 0.2) is 0 Å². The Morgan fingerprint density at radius 1 is 1.30 bits per heavy atom. The normalized spacial score (nSPS) is 16.9. The summed E-state index contributed by atoms with van der Waals surface area (Å²) in [6, 6.07) is 6.60. The first-order valence-corrected chi connectivity index (χ1v) is 7.11. The maximum Gasteiger partial charge on any atom is 0.125 e. The molecule has 0 radical (unpaired) electrons. The molecular weight excluding hydrogens is 255 g/mol. The Hall–Kier alpha value is -1.68. The van der Waals surface area contributed by atoms with Crippen molar-refractivity contribution in [3.05, 3.63) is 36.3 Å². The monoisotopic (exact) mass is 274 g/mol. The third-order valence-electron chi connectivity index (χ3n) is 4.41. The van der Waals surface area contributed by atoms with E-state index in [-0.39, 0.29) is 17.8 Å². The van der Waals surface area contributed by atoms with Gasteiger partial charge in [0.2, 0.25) is 0 Å². The minimum absolute atomic E-state index is 0.227. The van der Waals surface area contributed by atoms with Crippen LogP contribution in [0.5, 0.6) is 0 Å². The molecule has 2 aromatic rings. The second-order valence-corrected chi connectivity index (χ2v) is 5.70. The number of hydrogen-bond acceptors (Lipinski definition) is 3. The molecule has 2 N–H and O–H groups in total. The van der Waals surface area contributed by atoms with Gasteiger partial charge in [-0.05, 0) is 42.9 Å². The molecule has 3 rings (SSSR count). The first-order valence-electron chi connectivity index (χ1n) is 7.11. The SMILES string of the molecule is OCCC1(CNc2ccnc3cc(F)ccc23)CCC1. The van der Waals surface area contributed by atoms with Gasteiger partial charge in [-0.3, -0.25) is 4.98 Å². The van der Waals surface area contributed by atoms with Gasteiger partial charge in [-0.2, -0.15) is 0 Å². The Kier molecular flexibility index (Phi) is 3.57. The van der Waals surface area contributed by atoms with Crippen molar-refractivity contribution in [1.82, 2.24) is 4.98 Å². The molecule has 1 aliphatic carbocycles. The second kappa shape index (κ2) is 5.37. The number of hydrogen-bond donors (Lipinski definition) is 2. The van der Waals surface area contributed by atoms with Crippen LogP contribution in [0.4, 0.5) is 10.1 Å². The number of fused-ring (bicyclic) bond motifs is 1. The largest absolute Gasteiger partial charge is 0.396 e. The van der Waals surface area contributed by atoms with Crippen molar-refractivity contribution in [2.24, 2.45) is 5.41 Å². The Morgan fingerprint density at radius 3 is 2.85 bits per heavy atom. The highest BCUT2D eigenvalue weighted by atomic mass is 19.1. The predicted octanol–water partition coefficient (Wildman–Crippen LogP) is 3.34. The van der Waals surface area contributed by atoms with E-state index in [2.05, 4.69) is 10.3 Å². The Bertz CT molecular complexity index is 610. The number of aromatic nitrogens is 1. The number of aliphatic hydroxyl groups is 1. The van der Waals surface area contributed by atoms with Gasteiger partial charge < -0.3 is 10.4 Å². The number of halogens is 1. The highest BCUT2D eigenvalue weighted by Gasteiger charge is 2.36. The van der Waals surface area contributed by atoms with Crippen molar-refractivity contribution in [3.8, 4) is 0 Å². The number of nitrogens with zero attached hydrogens (tertiary/aromatic N) is 1. The molecule has 0 amide bonds. The fourth-order valence-corrected chi connectivity index (χ4v) is 2.99. The quantitative estimate of drug-likeness (QED) is 0.879. The third kappa shape index (κ3) is 2.48. The van der Waals surface area contributed by atoms with Crippen LogP contribution in [0.15, 0.2) is 30.5 Å². The van der Waals surface area contributed by atoms with Gasteiger partial charge in [0, 0.05) is 36.5 Å². The maximum absolute atomic E-state index is 13.2. The average molecular weight is 274 g/mol. The van der Waals surface area contributed by atoms with Crippen LogP contribution in [-0.2, 0) is 0 Å². The minimum atomic E-state index is -0.266. The summed E-state index contributed by atoms with van der Waals surface area (Å²) in [5.41, 5.74) is 1.88. The zero-order valence-electron chi connectivity index (χ0n) is 11.4. The molecule has 1 heterocycles. The van der Waals surface area contributed by atoms with Crippen molar-refractivity contribution in [3.63, 3.8) is 0 Å². The van der Waals surface area contributed by atoms with Gasteiger partial charge >= 0.3 is 0 Å². The topological polar surface area (TPSA) is 45.1 Å². The Balaban J connectivity index is 1.80. The molecule has 3 nitrogen and oxygen atoms in total. The van der Waals surface area contributed by atoms with Crippen molar-refractivity contribution in [1.29, 1.82) is 0 Å². The molecule has 20 heavy (non-hydrogen) atoms. The van der Waals surface area contributed by atoms with E-state index in [0.717, 1.165) is 36.9 Å². The predicted molar refractivity (Wildman–Crippen MR) is 78.2 cm³/mol.